The Morgan fingerprint density at radius 3 is 2.67 bits per heavy atom. The number of piperazine rings is 1. The molecule has 0 saturated carbocycles. The molecular formula is C19H31N3O2. The summed E-state index contributed by atoms with van der Waals surface area (Å²) >= 11 is 0. The predicted molar refractivity (Wildman–Crippen MR) is 97.6 cm³/mol. The Morgan fingerprint density at radius 1 is 1.21 bits per heavy atom. The van der Waals surface area contributed by atoms with Crippen molar-refractivity contribution in [1.29, 1.82) is 0 Å². The largest absolute Gasteiger partial charge is 0.493 e. The molecule has 1 aliphatic heterocycles. The van der Waals surface area contributed by atoms with Gasteiger partial charge in [-0.15, -0.1) is 0 Å². The van der Waals surface area contributed by atoms with Gasteiger partial charge in [-0.25, -0.2) is 0 Å². The van der Waals surface area contributed by atoms with Gasteiger partial charge in [-0.3, -0.25) is 4.79 Å². The smallest absolute Gasteiger partial charge is 0.223 e. The van der Waals surface area contributed by atoms with Crippen LogP contribution in [-0.2, 0) is 4.79 Å². The lowest BCUT2D eigenvalue weighted by Crippen LogP contribution is -2.45. The van der Waals surface area contributed by atoms with Crippen LogP contribution in [0.1, 0.15) is 24.0 Å². The fraction of sp³-hybridized carbons (Fsp3) is 0.632. The highest BCUT2D eigenvalue weighted by molar-refractivity contribution is 5.75. The van der Waals surface area contributed by atoms with Crippen molar-refractivity contribution in [3.8, 4) is 5.75 Å². The molecule has 1 N–H and O–H groups in total. The average Bonchev–Trinajstić information content (AvgIpc) is 2.55. The van der Waals surface area contributed by atoms with Gasteiger partial charge in [0, 0.05) is 32.7 Å². The summed E-state index contributed by atoms with van der Waals surface area (Å²) < 4.78 is 5.70. The minimum atomic E-state index is 0.0677. The molecule has 1 fully saturated rings. The highest BCUT2D eigenvalue weighted by atomic mass is 16.5. The van der Waals surface area contributed by atoms with Crippen molar-refractivity contribution in [2.24, 2.45) is 0 Å². The van der Waals surface area contributed by atoms with Crippen LogP contribution >= 0.6 is 0 Å². The molecule has 0 aliphatic carbocycles. The zero-order chi connectivity index (χ0) is 17.4. The first-order chi connectivity index (χ1) is 11.5. The molecule has 1 aromatic carbocycles. The van der Waals surface area contributed by atoms with Crippen molar-refractivity contribution < 1.29 is 9.53 Å². The van der Waals surface area contributed by atoms with E-state index in [0.29, 0.717) is 13.0 Å². The van der Waals surface area contributed by atoms with Gasteiger partial charge in [0.15, 0.2) is 0 Å². The van der Waals surface area contributed by atoms with E-state index in [4.69, 9.17) is 4.74 Å². The molecule has 5 heteroatoms. The molecule has 2 rings (SSSR count). The summed E-state index contributed by atoms with van der Waals surface area (Å²) in [6.07, 6.45) is 1.41. The topological polar surface area (TPSA) is 44.8 Å². The first-order valence-electron chi connectivity index (χ1n) is 8.92. The van der Waals surface area contributed by atoms with Crippen molar-refractivity contribution in [2.75, 3.05) is 52.9 Å². The third kappa shape index (κ3) is 6.49. The molecule has 0 aromatic heterocycles. The van der Waals surface area contributed by atoms with E-state index in [1.807, 2.05) is 19.1 Å². The fourth-order valence-corrected chi connectivity index (χ4v) is 2.91. The summed E-state index contributed by atoms with van der Waals surface area (Å²) in [6, 6.07) is 6.09. The molecule has 0 unspecified atom stereocenters. The summed E-state index contributed by atoms with van der Waals surface area (Å²) in [5.74, 6) is 0.932. The SMILES string of the molecule is Cc1ccc(OCCC(=O)NCCCN2CCN(C)CC2)c(C)c1. The van der Waals surface area contributed by atoms with Crippen LogP contribution in [0.2, 0.25) is 0 Å². The zero-order valence-corrected chi connectivity index (χ0v) is 15.3. The van der Waals surface area contributed by atoms with E-state index in [-0.39, 0.29) is 5.91 Å². The number of benzene rings is 1. The van der Waals surface area contributed by atoms with Gasteiger partial charge in [0.05, 0.1) is 13.0 Å². The van der Waals surface area contributed by atoms with Crippen molar-refractivity contribution in [3.05, 3.63) is 29.3 Å². The number of amides is 1. The summed E-state index contributed by atoms with van der Waals surface area (Å²) in [4.78, 5) is 16.7. The highest BCUT2D eigenvalue weighted by Gasteiger charge is 2.12. The minimum Gasteiger partial charge on any atom is -0.493 e. The van der Waals surface area contributed by atoms with Gasteiger partial charge in [0.1, 0.15) is 5.75 Å². The molecule has 1 aromatic rings. The summed E-state index contributed by atoms with van der Waals surface area (Å²) in [5, 5.41) is 2.98. The molecule has 0 bridgehead atoms. The Balaban J connectivity index is 1.53. The van der Waals surface area contributed by atoms with Crippen LogP contribution in [0.25, 0.3) is 0 Å². The second-order valence-corrected chi connectivity index (χ2v) is 6.72. The number of carbonyl (C=O) groups is 1. The number of carbonyl (C=O) groups excluding carboxylic acids is 1. The van der Waals surface area contributed by atoms with Crippen LogP contribution in [0.5, 0.6) is 5.75 Å². The molecule has 134 valence electrons. The Labute approximate surface area is 146 Å². The summed E-state index contributed by atoms with van der Waals surface area (Å²) in [6.45, 7) is 10.9. The molecule has 1 amide bonds. The second-order valence-electron chi connectivity index (χ2n) is 6.72. The molecule has 1 heterocycles. The van der Waals surface area contributed by atoms with Gasteiger partial charge in [-0.1, -0.05) is 17.7 Å². The number of nitrogens with zero attached hydrogens (tertiary/aromatic N) is 2. The lowest BCUT2D eigenvalue weighted by molar-refractivity contribution is -0.121. The van der Waals surface area contributed by atoms with Crippen LogP contribution in [0.4, 0.5) is 0 Å². The third-order valence-electron chi connectivity index (χ3n) is 4.49. The lowest BCUT2D eigenvalue weighted by Gasteiger charge is -2.32. The maximum atomic E-state index is 11.9. The van der Waals surface area contributed by atoms with Crippen LogP contribution in [-0.4, -0.2) is 68.6 Å². The summed E-state index contributed by atoms with van der Waals surface area (Å²) in [5.41, 5.74) is 2.33. The lowest BCUT2D eigenvalue weighted by atomic mass is 10.1. The maximum Gasteiger partial charge on any atom is 0.223 e. The van der Waals surface area contributed by atoms with E-state index in [2.05, 4.69) is 35.2 Å². The first-order valence-corrected chi connectivity index (χ1v) is 8.92. The Kier molecular flexibility index (Phi) is 7.53. The number of nitrogens with one attached hydrogen (secondary N) is 1. The van der Waals surface area contributed by atoms with E-state index < -0.39 is 0 Å². The highest BCUT2D eigenvalue weighted by Crippen LogP contribution is 2.18. The zero-order valence-electron chi connectivity index (χ0n) is 15.3. The van der Waals surface area contributed by atoms with Crippen molar-refractivity contribution >= 4 is 5.91 Å². The van der Waals surface area contributed by atoms with Gasteiger partial charge >= 0.3 is 0 Å². The van der Waals surface area contributed by atoms with Gasteiger partial charge in [-0.05, 0) is 45.5 Å². The number of ether oxygens (including phenoxy) is 1. The molecule has 0 atom stereocenters. The predicted octanol–water partition coefficient (Wildman–Crippen LogP) is 1.83. The van der Waals surface area contributed by atoms with Gasteiger partial charge in [-0.2, -0.15) is 0 Å². The van der Waals surface area contributed by atoms with E-state index in [0.717, 1.165) is 57.0 Å². The average molecular weight is 333 g/mol. The third-order valence-corrected chi connectivity index (χ3v) is 4.49. The van der Waals surface area contributed by atoms with Crippen molar-refractivity contribution in [2.45, 2.75) is 26.7 Å². The number of likely N-dealkylation sites (N-methyl/N-ethyl adjacent to an activating group) is 1. The Morgan fingerprint density at radius 2 is 1.96 bits per heavy atom. The fourth-order valence-electron chi connectivity index (χ4n) is 2.91. The molecule has 0 spiro atoms. The molecule has 0 radical (unpaired) electrons. The van der Waals surface area contributed by atoms with Gasteiger partial charge in [0.2, 0.25) is 5.91 Å². The van der Waals surface area contributed by atoms with Gasteiger partial charge in [0.25, 0.3) is 0 Å². The maximum absolute atomic E-state index is 11.9. The number of rotatable bonds is 8. The minimum absolute atomic E-state index is 0.0677. The van der Waals surface area contributed by atoms with Gasteiger partial charge < -0.3 is 19.9 Å². The van der Waals surface area contributed by atoms with E-state index in [1.54, 1.807) is 0 Å². The normalized spacial score (nSPS) is 16.1. The molecule has 5 nitrogen and oxygen atoms in total. The van der Waals surface area contributed by atoms with Crippen LogP contribution in [0, 0.1) is 13.8 Å². The van der Waals surface area contributed by atoms with Crippen LogP contribution in [0.3, 0.4) is 0 Å². The second kappa shape index (κ2) is 9.64. The van der Waals surface area contributed by atoms with Crippen molar-refractivity contribution in [1.82, 2.24) is 15.1 Å². The molecule has 1 aliphatic rings. The molecular weight excluding hydrogens is 302 g/mol. The summed E-state index contributed by atoms with van der Waals surface area (Å²) in [7, 11) is 2.16. The number of aryl methyl sites for hydroxylation is 2. The monoisotopic (exact) mass is 333 g/mol. The molecule has 1 saturated heterocycles. The standard InChI is InChI=1S/C19H31N3O2/c1-16-5-6-18(17(2)15-16)24-14-7-19(23)20-8-4-9-22-12-10-21(3)11-13-22/h5-6,15H,4,7-14H2,1-3H3,(H,20,23). The van der Waals surface area contributed by atoms with Crippen molar-refractivity contribution in [3.63, 3.8) is 0 Å². The quantitative estimate of drug-likeness (QED) is 0.737. The Bertz CT molecular complexity index is 525. The van der Waals surface area contributed by atoms with E-state index in [1.165, 1.54) is 5.56 Å². The Hall–Kier alpha value is -1.59. The number of hydrogen-bond acceptors (Lipinski definition) is 4. The van der Waals surface area contributed by atoms with Crippen LogP contribution in [0.15, 0.2) is 18.2 Å². The van der Waals surface area contributed by atoms with E-state index >= 15 is 0 Å². The first kappa shape index (κ1) is 18.7. The molecule has 24 heavy (non-hydrogen) atoms. The van der Waals surface area contributed by atoms with Crippen LogP contribution < -0.4 is 10.1 Å². The van der Waals surface area contributed by atoms with E-state index in [9.17, 15) is 4.79 Å². The number of hydrogen-bond donors (Lipinski definition) is 1.